The van der Waals surface area contributed by atoms with E-state index in [9.17, 15) is 4.79 Å². The summed E-state index contributed by atoms with van der Waals surface area (Å²) < 4.78 is 0. The maximum absolute atomic E-state index is 11.0. The van der Waals surface area contributed by atoms with Crippen molar-refractivity contribution in [3.8, 4) is 0 Å². The number of likely N-dealkylation sites (tertiary alicyclic amines) is 1. The number of benzene rings is 1. The number of hydrogen-bond acceptors (Lipinski definition) is 2. The average Bonchev–Trinajstić information content (AvgIpc) is 2.83. The van der Waals surface area contributed by atoms with Crippen molar-refractivity contribution in [2.24, 2.45) is 5.92 Å². The van der Waals surface area contributed by atoms with Crippen LogP contribution >= 0.6 is 0 Å². The molecule has 1 N–H and O–H groups in total. The van der Waals surface area contributed by atoms with Gasteiger partial charge in [0.25, 0.3) is 0 Å². The summed E-state index contributed by atoms with van der Waals surface area (Å²) >= 11 is 0. The zero-order chi connectivity index (χ0) is 13.2. The molecule has 0 radical (unpaired) electrons. The first-order valence-corrected chi connectivity index (χ1v) is 7.30. The van der Waals surface area contributed by atoms with Crippen molar-refractivity contribution in [3.63, 3.8) is 0 Å². The summed E-state index contributed by atoms with van der Waals surface area (Å²) in [4.78, 5) is 13.6. The van der Waals surface area contributed by atoms with Gasteiger partial charge in [-0.3, -0.25) is 4.90 Å². The number of carboxylic acids is 1. The number of carboxylic acid groups (broad SMARTS) is 1. The second-order valence-electron chi connectivity index (χ2n) is 5.88. The highest BCUT2D eigenvalue weighted by molar-refractivity contribution is 5.87. The van der Waals surface area contributed by atoms with Crippen molar-refractivity contribution >= 4 is 5.97 Å². The van der Waals surface area contributed by atoms with E-state index >= 15 is 0 Å². The molecule has 2 aliphatic rings. The van der Waals surface area contributed by atoms with Crippen molar-refractivity contribution < 1.29 is 9.90 Å². The van der Waals surface area contributed by atoms with E-state index in [2.05, 4.69) is 4.90 Å². The summed E-state index contributed by atoms with van der Waals surface area (Å²) in [5.41, 5.74) is 1.53. The molecule has 19 heavy (non-hydrogen) atoms. The van der Waals surface area contributed by atoms with Crippen LogP contribution in [0.5, 0.6) is 0 Å². The predicted molar refractivity (Wildman–Crippen MR) is 74.2 cm³/mol. The molecule has 1 aromatic rings. The van der Waals surface area contributed by atoms with Gasteiger partial charge in [-0.2, -0.15) is 0 Å². The Kier molecular flexibility index (Phi) is 3.56. The van der Waals surface area contributed by atoms with E-state index in [1.54, 1.807) is 6.07 Å². The van der Waals surface area contributed by atoms with E-state index in [1.165, 1.54) is 38.6 Å². The maximum atomic E-state index is 11.0. The van der Waals surface area contributed by atoms with E-state index in [4.69, 9.17) is 5.11 Å². The van der Waals surface area contributed by atoms with E-state index in [0.29, 0.717) is 5.56 Å². The first-order valence-electron chi connectivity index (χ1n) is 7.30. The molecule has 1 heterocycles. The van der Waals surface area contributed by atoms with Crippen LogP contribution in [0, 0.1) is 5.92 Å². The summed E-state index contributed by atoms with van der Waals surface area (Å²) in [5.74, 6) is 0.0511. The molecule has 102 valence electrons. The van der Waals surface area contributed by atoms with Crippen LogP contribution in [0.25, 0.3) is 0 Å². The normalized spacial score (nSPS) is 27.2. The van der Waals surface area contributed by atoms with Crippen molar-refractivity contribution in [1.82, 2.24) is 4.90 Å². The zero-order valence-corrected chi connectivity index (χ0v) is 11.2. The molecule has 1 saturated heterocycles. The number of nitrogens with zero attached hydrogens (tertiary/aromatic N) is 1. The molecule has 2 unspecified atom stereocenters. The summed E-state index contributed by atoms with van der Waals surface area (Å²) in [6.07, 6.45) is 6.78. The Hall–Kier alpha value is -1.35. The molecule has 0 bridgehead atoms. The molecule has 3 heteroatoms. The van der Waals surface area contributed by atoms with Crippen LogP contribution < -0.4 is 0 Å². The fourth-order valence-electron chi connectivity index (χ4n) is 3.74. The Bertz CT molecular complexity index is 472. The van der Waals surface area contributed by atoms with Gasteiger partial charge in [-0.15, -0.1) is 0 Å². The van der Waals surface area contributed by atoms with Crippen LogP contribution in [-0.4, -0.2) is 28.6 Å². The van der Waals surface area contributed by atoms with Crippen LogP contribution in [0.4, 0.5) is 0 Å². The molecular weight excluding hydrogens is 238 g/mol. The molecule has 1 saturated carbocycles. The third-order valence-electron chi connectivity index (χ3n) is 4.68. The van der Waals surface area contributed by atoms with Gasteiger partial charge in [-0.05, 0) is 49.4 Å². The first-order chi connectivity index (χ1) is 9.24. The Morgan fingerprint density at radius 3 is 2.95 bits per heavy atom. The van der Waals surface area contributed by atoms with Crippen molar-refractivity contribution in [2.75, 3.05) is 6.54 Å². The van der Waals surface area contributed by atoms with E-state index in [-0.39, 0.29) is 0 Å². The molecule has 2 fully saturated rings. The monoisotopic (exact) mass is 259 g/mol. The maximum Gasteiger partial charge on any atom is 0.335 e. The number of fused-ring (bicyclic) bond motifs is 1. The molecular formula is C16H21NO2. The zero-order valence-electron chi connectivity index (χ0n) is 11.2. The Labute approximate surface area is 114 Å². The molecule has 0 amide bonds. The Morgan fingerprint density at radius 2 is 2.11 bits per heavy atom. The summed E-state index contributed by atoms with van der Waals surface area (Å²) in [6, 6.07) is 8.12. The Balaban J connectivity index is 1.71. The van der Waals surface area contributed by atoms with E-state index in [0.717, 1.165) is 24.1 Å². The molecule has 2 atom stereocenters. The molecule has 1 aromatic carbocycles. The van der Waals surface area contributed by atoms with Gasteiger partial charge < -0.3 is 5.11 Å². The fourth-order valence-corrected chi connectivity index (χ4v) is 3.74. The second kappa shape index (κ2) is 5.33. The van der Waals surface area contributed by atoms with Gasteiger partial charge in [-0.1, -0.05) is 25.0 Å². The van der Waals surface area contributed by atoms with Gasteiger partial charge in [0.05, 0.1) is 5.56 Å². The third-order valence-corrected chi connectivity index (χ3v) is 4.68. The highest BCUT2D eigenvalue weighted by atomic mass is 16.4. The minimum atomic E-state index is -0.834. The van der Waals surface area contributed by atoms with Gasteiger partial charge in [0, 0.05) is 12.6 Å². The molecule has 0 aromatic heterocycles. The smallest absolute Gasteiger partial charge is 0.335 e. The molecule has 3 nitrogen and oxygen atoms in total. The third kappa shape index (κ3) is 2.66. The van der Waals surface area contributed by atoms with Crippen LogP contribution in [0.1, 0.15) is 48.0 Å². The van der Waals surface area contributed by atoms with Crippen LogP contribution in [0.3, 0.4) is 0 Å². The van der Waals surface area contributed by atoms with Gasteiger partial charge >= 0.3 is 5.97 Å². The van der Waals surface area contributed by atoms with Gasteiger partial charge in [0.2, 0.25) is 0 Å². The van der Waals surface area contributed by atoms with Crippen molar-refractivity contribution in [3.05, 3.63) is 35.4 Å². The highest BCUT2D eigenvalue weighted by Crippen LogP contribution is 2.36. The summed E-state index contributed by atoms with van der Waals surface area (Å²) in [7, 11) is 0. The molecule has 1 aliphatic heterocycles. The fraction of sp³-hybridized carbons (Fsp3) is 0.562. The topological polar surface area (TPSA) is 40.5 Å². The lowest BCUT2D eigenvalue weighted by Crippen LogP contribution is -2.34. The quantitative estimate of drug-likeness (QED) is 0.906. The van der Waals surface area contributed by atoms with Crippen LogP contribution in [0.2, 0.25) is 0 Å². The lowest BCUT2D eigenvalue weighted by Gasteiger charge is -2.31. The lowest BCUT2D eigenvalue weighted by atomic mass is 9.85. The van der Waals surface area contributed by atoms with Crippen LogP contribution in [-0.2, 0) is 6.54 Å². The number of carbonyl (C=O) groups is 1. The highest BCUT2D eigenvalue weighted by Gasteiger charge is 2.35. The van der Waals surface area contributed by atoms with Crippen molar-refractivity contribution in [2.45, 2.75) is 44.7 Å². The number of hydrogen-bond donors (Lipinski definition) is 1. The number of aromatic carboxylic acids is 1. The molecule has 1 aliphatic carbocycles. The van der Waals surface area contributed by atoms with Gasteiger partial charge in [0.1, 0.15) is 0 Å². The lowest BCUT2D eigenvalue weighted by molar-refractivity contribution is 0.0696. The van der Waals surface area contributed by atoms with E-state index < -0.39 is 5.97 Å². The largest absolute Gasteiger partial charge is 0.478 e. The second-order valence-corrected chi connectivity index (χ2v) is 5.88. The Morgan fingerprint density at radius 1 is 1.26 bits per heavy atom. The summed E-state index contributed by atoms with van der Waals surface area (Å²) in [6.45, 7) is 2.08. The minimum absolute atomic E-state index is 0.400. The van der Waals surface area contributed by atoms with E-state index in [1.807, 2.05) is 18.2 Å². The van der Waals surface area contributed by atoms with Crippen LogP contribution in [0.15, 0.2) is 24.3 Å². The standard InChI is InChI=1S/C16H21NO2/c18-16(19)14-6-3-4-12(10-14)11-17-9-8-13-5-1-2-7-15(13)17/h3-4,6,10,13,15H,1-2,5,7-9,11H2,(H,18,19). The minimum Gasteiger partial charge on any atom is -0.478 e. The number of rotatable bonds is 3. The summed E-state index contributed by atoms with van der Waals surface area (Å²) in [5, 5.41) is 9.04. The average molecular weight is 259 g/mol. The SMILES string of the molecule is O=C(O)c1cccc(CN2CCC3CCCCC32)c1. The first kappa shape index (κ1) is 12.7. The molecule has 3 rings (SSSR count). The van der Waals surface area contributed by atoms with Gasteiger partial charge in [0.15, 0.2) is 0 Å². The molecule has 0 spiro atoms. The van der Waals surface area contributed by atoms with Crippen molar-refractivity contribution in [1.29, 1.82) is 0 Å². The van der Waals surface area contributed by atoms with Gasteiger partial charge in [-0.25, -0.2) is 4.79 Å². The predicted octanol–water partition coefficient (Wildman–Crippen LogP) is 3.15.